The summed E-state index contributed by atoms with van der Waals surface area (Å²) >= 11 is 0. The smallest absolute Gasteiger partial charge is 0.0541 e. The largest absolute Gasteiger partial charge is 0.310 e. The monoisotopic (exact) mass is 598 g/mol. The molecule has 0 radical (unpaired) electrons. The Morgan fingerprint density at radius 1 is 0.543 bits per heavy atom. The lowest BCUT2D eigenvalue weighted by atomic mass is 9.75. The molecule has 46 heavy (non-hydrogen) atoms. The van der Waals surface area contributed by atoms with Crippen molar-refractivity contribution in [1.29, 1.82) is 0 Å². The molecule has 7 aromatic rings. The fraction of sp³-hybridized carbons (Fsp3) is 0.227. The fourth-order valence-corrected chi connectivity index (χ4v) is 7.41. The van der Waals surface area contributed by atoms with Crippen LogP contribution < -0.4 is 0 Å². The fourth-order valence-electron chi connectivity index (χ4n) is 7.41. The first kappa shape index (κ1) is 28.6. The summed E-state index contributed by atoms with van der Waals surface area (Å²) in [6, 6.07) is 42.8. The zero-order chi connectivity index (χ0) is 31.8. The second-order valence-corrected chi connectivity index (χ2v) is 15.2. The topological polar surface area (TPSA) is 9.86 Å². The Morgan fingerprint density at radius 2 is 1.09 bits per heavy atom. The molecule has 0 spiro atoms. The Labute approximate surface area is 272 Å². The van der Waals surface area contributed by atoms with Crippen molar-refractivity contribution in [3.63, 3.8) is 0 Å². The van der Waals surface area contributed by atoms with Crippen molar-refractivity contribution < 1.29 is 0 Å². The van der Waals surface area contributed by atoms with Gasteiger partial charge in [-0.1, -0.05) is 114 Å². The lowest BCUT2D eigenvalue weighted by Gasteiger charge is -2.30. The van der Waals surface area contributed by atoms with Gasteiger partial charge in [0, 0.05) is 33.2 Å². The van der Waals surface area contributed by atoms with Crippen LogP contribution in [0.5, 0.6) is 0 Å². The molecule has 2 heterocycles. The predicted octanol–water partition coefficient (Wildman–Crippen LogP) is 11.9. The molecule has 0 saturated carbocycles. The van der Waals surface area contributed by atoms with E-state index < -0.39 is 0 Å². The highest BCUT2D eigenvalue weighted by Gasteiger charge is 2.29. The van der Waals surface area contributed by atoms with E-state index >= 15 is 0 Å². The Morgan fingerprint density at radius 3 is 1.70 bits per heavy atom. The molecule has 1 aliphatic carbocycles. The summed E-state index contributed by atoms with van der Waals surface area (Å²) in [5.74, 6) is 0.535. The van der Waals surface area contributed by atoms with Gasteiger partial charge < -0.3 is 9.13 Å². The number of benzene rings is 5. The number of allylic oxidation sites excluding steroid dienone is 1. The lowest BCUT2D eigenvalue weighted by Crippen LogP contribution is -2.22. The van der Waals surface area contributed by atoms with Gasteiger partial charge >= 0.3 is 0 Å². The van der Waals surface area contributed by atoms with Gasteiger partial charge in [0.05, 0.1) is 16.6 Å². The molecular weight excluding hydrogens is 556 g/mol. The van der Waals surface area contributed by atoms with Gasteiger partial charge in [-0.3, -0.25) is 0 Å². The van der Waals surface area contributed by atoms with Gasteiger partial charge in [0.15, 0.2) is 0 Å². The molecule has 0 aliphatic heterocycles. The molecule has 1 atom stereocenters. The number of hydrogen-bond acceptors (Lipinski definition) is 0. The van der Waals surface area contributed by atoms with Crippen LogP contribution in [0.4, 0.5) is 0 Å². The highest BCUT2D eigenvalue weighted by molar-refractivity contribution is 6.09. The molecular formula is C44H42N2. The first-order chi connectivity index (χ1) is 22.1. The van der Waals surface area contributed by atoms with Crippen LogP contribution in [-0.4, -0.2) is 9.13 Å². The van der Waals surface area contributed by atoms with Gasteiger partial charge in [0.1, 0.15) is 0 Å². The Kier molecular flexibility index (Phi) is 6.45. The minimum atomic E-state index is 0.106. The number of aromatic nitrogens is 2. The zero-order valence-electron chi connectivity index (χ0n) is 27.8. The maximum Gasteiger partial charge on any atom is 0.0541 e. The SMILES string of the molecule is CC(C)(C)c1ccc2c(c1)c1ccccc1n2-c1ccc(-c2ccc(-n3c4c(c5ccccc53)CC(C(C)(C)C)C=C4)cc2)cc1. The van der Waals surface area contributed by atoms with E-state index in [2.05, 4.69) is 178 Å². The number of nitrogens with zero attached hydrogens (tertiary/aromatic N) is 2. The van der Waals surface area contributed by atoms with Crippen molar-refractivity contribution >= 4 is 38.8 Å². The molecule has 8 rings (SSSR count). The number of para-hydroxylation sites is 2. The maximum absolute atomic E-state index is 2.44. The van der Waals surface area contributed by atoms with Crippen molar-refractivity contribution in [3.8, 4) is 22.5 Å². The number of fused-ring (bicyclic) bond motifs is 6. The molecule has 2 nitrogen and oxygen atoms in total. The third kappa shape index (κ3) is 4.62. The standard InChI is InChI=1S/C44H42N2/c1-43(2,3)31-19-25-41-37(27-31)35-11-7-9-13-39(35)45(41)33-21-15-29(16-22-33)30-17-23-34(24-18-30)46-40-14-10-8-12-36(40)38-28-32(44(4,5)6)20-26-42(38)46/h7-27,32H,28H2,1-6H3. The molecule has 1 aliphatic rings. The summed E-state index contributed by atoms with van der Waals surface area (Å²) in [6.45, 7) is 13.9. The van der Waals surface area contributed by atoms with Gasteiger partial charge in [-0.15, -0.1) is 0 Å². The predicted molar refractivity (Wildman–Crippen MR) is 197 cm³/mol. The van der Waals surface area contributed by atoms with E-state index in [1.165, 1.54) is 72.0 Å². The van der Waals surface area contributed by atoms with Crippen LogP contribution in [0.15, 0.2) is 121 Å². The van der Waals surface area contributed by atoms with E-state index in [0.29, 0.717) is 5.92 Å². The molecule has 0 amide bonds. The molecule has 0 saturated heterocycles. The average Bonchev–Trinajstić information content (AvgIpc) is 3.56. The van der Waals surface area contributed by atoms with E-state index in [1.54, 1.807) is 0 Å². The van der Waals surface area contributed by atoms with Crippen molar-refractivity contribution in [2.45, 2.75) is 53.4 Å². The van der Waals surface area contributed by atoms with Gasteiger partial charge in [-0.25, -0.2) is 0 Å². The van der Waals surface area contributed by atoms with E-state index in [4.69, 9.17) is 0 Å². The van der Waals surface area contributed by atoms with Crippen molar-refractivity contribution in [2.75, 3.05) is 0 Å². The summed E-state index contributed by atoms with van der Waals surface area (Å²) in [5, 5.41) is 3.98. The van der Waals surface area contributed by atoms with Crippen LogP contribution in [0.1, 0.15) is 58.4 Å². The van der Waals surface area contributed by atoms with Gasteiger partial charge in [0.2, 0.25) is 0 Å². The van der Waals surface area contributed by atoms with Gasteiger partial charge in [-0.05, 0) is 100 Å². The minimum absolute atomic E-state index is 0.106. The highest BCUT2D eigenvalue weighted by Crippen LogP contribution is 2.41. The van der Waals surface area contributed by atoms with Crippen LogP contribution in [0.3, 0.4) is 0 Å². The average molecular weight is 599 g/mol. The third-order valence-electron chi connectivity index (χ3n) is 10.2. The van der Waals surface area contributed by atoms with Crippen LogP contribution in [0.2, 0.25) is 0 Å². The van der Waals surface area contributed by atoms with E-state index in [1.807, 2.05) is 0 Å². The molecule has 2 heteroatoms. The lowest BCUT2D eigenvalue weighted by molar-refractivity contribution is 0.291. The van der Waals surface area contributed by atoms with Crippen molar-refractivity contribution in [2.24, 2.45) is 11.3 Å². The Balaban J connectivity index is 1.15. The Bertz CT molecular complexity index is 2270. The summed E-state index contributed by atoms with van der Waals surface area (Å²) < 4.78 is 4.85. The van der Waals surface area contributed by atoms with Crippen LogP contribution in [-0.2, 0) is 11.8 Å². The molecule has 2 aromatic heterocycles. The summed E-state index contributed by atoms with van der Waals surface area (Å²) in [4.78, 5) is 0. The normalized spacial score (nSPS) is 15.2. The second-order valence-electron chi connectivity index (χ2n) is 15.2. The molecule has 0 fully saturated rings. The summed E-state index contributed by atoms with van der Waals surface area (Å²) in [5.41, 5.74) is 13.1. The Hall–Kier alpha value is -4.82. The van der Waals surface area contributed by atoms with Gasteiger partial charge in [0.25, 0.3) is 0 Å². The van der Waals surface area contributed by atoms with Crippen LogP contribution >= 0.6 is 0 Å². The molecule has 228 valence electrons. The van der Waals surface area contributed by atoms with Crippen LogP contribution in [0, 0.1) is 11.3 Å². The van der Waals surface area contributed by atoms with E-state index in [-0.39, 0.29) is 10.8 Å². The van der Waals surface area contributed by atoms with Gasteiger partial charge in [-0.2, -0.15) is 0 Å². The maximum atomic E-state index is 2.44. The quantitative estimate of drug-likeness (QED) is 0.191. The third-order valence-corrected chi connectivity index (χ3v) is 10.2. The first-order valence-electron chi connectivity index (χ1n) is 16.6. The van der Waals surface area contributed by atoms with Crippen molar-refractivity contribution in [3.05, 3.63) is 138 Å². The van der Waals surface area contributed by atoms with E-state index in [0.717, 1.165) is 6.42 Å². The zero-order valence-corrected chi connectivity index (χ0v) is 27.8. The summed E-state index contributed by atoms with van der Waals surface area (Å²) in [6.07, 6.45) is 5.87. The number of rotatable bonds is 3. The summed E-state index contributed by atoms with van der Waals surface area (Å²) in [7, 11) is 0. The molecule has 0 bridgehead atoms. The van der Waals surface area contributed by atoms with E-state index in [9.17, 15) is 0 Å². The molecule has 5 aromatic carbocycles. The minimum Gasteiger partial charge on any atom is -0.310 e. The first-order valence-corrected chi connectivity index (χ1v) is 16.6. The number of hydrogen-bond donors (Lipinski definition) is 0. The van der Waals surface area contributed by atoms with Crippen molar-refractivity contribution in [1.82, 2.24) is 9.13 Å². The second kappa shape index (κ2) is 10.4. The van der Waals surface area contributed by atoms with Crippen LogP contribution in [0.25, 0.3) is 61.3 Å². The molecule has 1 unspecified atom stereocenters. The highest BCUT2D eigenvalue weighted by atomic mass is 15.0. The molecule has 0 N–H and O–H groups in total.